The van der Waals surface area contributed by atoms with Crippen molar-refractivity contribution in [2.24, 2.45) is 0 Å². The molecule has 1 aliphatic heterocycles. The molecule has 0 aromatic rings. The Bertz CT molecular complexity index is 311. The smallest absolute Gasteiger partial charge is 0.330 e. The molecule has 108 valence electrons. The number of imide groups is 1. The Morgan fingerprint density at radius 1 is 1.00 bits per heavy atom. The van der Waals surface area contributed by atoms with Crippen LogP contribution in [0.15, 0.2) is 0 Å². The number of amides is 2. The van der Waals surface area contributed by atoms with Gasteiger partial charge in [0.15, 0.2) is 0 Å². The third kappa shape index (κ3) is 5.85. The molecule has 1 heterocycles. The number of carbonyl (C=O) groups is 3. The van der Waals surface area contributed by atoms with Gasteiger partial charge >= 0.3 is 5.97 Å². The summed E-state index contributed by atoms with van der Waals surface area (Å²) in [4.78, 5) is 38.7. The van der Waals surface area contributed by atoms with Gasteiger partial charge in [0, 0.05) is 19.3 Å². The average molecular weight is 269 g/mol. The Balaban J connectivity index is 2.05. The molecule has 0 aliphatic carbocycles. The van der Waals surface area contributed by atoms with E-state index in [4.69, 9.17) is 4.84 Å². The summed E-state index contributed by atoms with van der Waals surface area (Å²) in [5, 5.41) is 0.615. The molecule has 1 saturated heterocycles. The molecule has 0 bridgehead atoms. The Morgan fingerprint density at radius 3 is 2.11 bits per heavy atom. The molecule has 0 aromatic heterocycles. The highest BCUT2D eigenvalue weighted by atomic mass is 16.7. The Kier molecular flexibility index (Phi) is 7.15. The van der Waals surface area contributed by atoms with Crippen LogP contribution >= 0.6 is 0 Å². The summed E-state index contributed by atoms with van der Waals surface area (Å²) in [7, 11) is 0. The molecule has 5 nitrogen and oxygen atoms in total. The second-order valence-corrected chi connectivity index (χ2v) is 4.92. The highest BCUT2D eigenvalue weighted by Crippen LogP contribution is 2.14. The van der Waals surface area contributed by atoms with Crippen molar-refractivity contribution < 1.29 is 19.2 Å². The lowest BCUT2D eigenvalue weighted by Gasteiger charge is -2.12. The van der Waals surface area contributed by atoms with Gasteiger partial charge in [-0.15, -0.1) is 5.06 Å². The fraction of sp³-hybridized carbons (Fsp3) is 0.786. The van der Waals surface area contributed by atoms with Crippen LogP contribution in [0.4, 0.5) is 0 Å². The number of rotatable bonds is 9. The van der Waals surface area contributed by atoms with E-state index >= 15 is 0 Å². The van der Waals surface area contributed by atoms with Crippen LogP contribution in [0, 0.1) is 0 Å². The van der Waals surface area contributed by atoms with Crippen LogP contribution in [-0.2, 0) is 19.2 Å². The summed E-state index contributed by atoms with van der Waals surface area (Å²) in [5.74, 6) is -1.33. The summed E-state index contributed by atoms with van der Waals surface area (Å²) < 4.78 is 0. The Morgan fingerprint density at radius 2 is 1.53 bits per heavy atom. The molecule has 0 atom stereocenters. The quantitative estimate of drug-likeness (QED) is 0.477. The maximum absolute atomic E-state index is 11.5. The van der Waals surface area contributed by atoms with Crippen molar-refractivity contribution in [3.63, 3.8) is 0 Å². The highest BCUT2D eigenvalue weighted by Gasteiger charge is 2.32. The van der Waals surface area contributed by atoms with Crippen LogP contribution in [0.3, 0.4) is 0 Å². The van der Waals surface area contributed by atoms with E-state index in [1.54, 1.807) is 0 Å². The van der Waals surface area contributed by atoms with Crippen molar-refractivity contribution >= 4 is 17.8 Å². The molecule has 0 spiro atoms. The molecule has 1 fully saturated rings. The van der Waals surface area contributed by atoms with Gasteiger partial charge in [0.05, 0.1) is 0 Å². The summed E-state index contributed by atoms with van der Waals surface area (Å²) >= 11 is 0. The Hall–Kier alpha value is -1.39. The lowest BCUT2D eigenvalue weighted by molar-refractivity contribution is -0.197. The topological polar surface area (TPSA) is 63.7 Å². The van der Waals surface area contributed by atoms with E-state index in [1.807, 2.05) is 0 Å². The predicted molar refractivity (Wildman–Crippen MR) is 69.8 cm³/mol. The fourth-order valence-corrected chi connectivity index (χ4v) is 2.03. The van der Waals surface area contributed by atoms with E-state index < -0.39 is 17.8 Å². The minimum Gasteiger partial charge on any atom is -0.330 e. The molecule has 19 heavy (non-hydrogen) atoms. The maximum atomic E-state index is 11.5. The second-order valence-electron chi connectivity index (χ2n) is 4.92. The normalized spacial score (nSPS) is 15.1. The largest absolute Gasteiger partial charge is 0.333 e. The number of hydroxylamine groups is 2. The van der Waals surface area contributed by atoms with Crippen LogP contribution in [0.25, 0.3) is 0 Å². The number of unbranched alkanes of at least 4 members (excludes halogenated alkanes) is 6. The van der Waals surface area contributed by atoms with Gasteiger partial charge in [0.25, 0.3) is 11.8 Å². The molecule has 5 heteroatoms. The van der Waals surface area contributed by atoms with Crippen molar-refractivity contribution in [1.82, 2.24) is 5.06 Å². The average Bonchev–Trinajstić information content (AvgIpc) is 2.69. The Labute approximate surface area is 114 Å². The zero-order chi connectivity index (χ0) is 14.1. The lowest BCUT2D eigenvalue weighted by atomic mass is 10.1. The minimum absolute atomic E-state index is 0.142. The summed E-state index contributed by atoms with van der Waals surface area (Å²) in [6.45, 7) is 2.18. The van der Waals surface area contributed by atoms with E-state index in [9.17, 15) is 14.4 Å². The van der Waals surface area contributed by atoms with E-state index in [-0.39, 0.29) is 19.3 Å². The third-order valence-corrected chi connectivity index (χ3v) is 3.18. The summed E-state index contributed by atoms with van der Waals surface area (Å²) in [5.41, 5.74) is 0. The van der Waals surface area contributed by atoms with Crippen LogP contribution in [0.5, 0.6) is 0 Å². The van der Waals surface area contributed by atoms with Crippen molar-refractivity contribution in [3.05, 3.63) is 0 Å². The first-order valence-corrected chi connectivity index (χ1v) is 7.21. The van der Waals surface area contributed by atoms with Gasteiger partial charge in [-0.3, -0.25) is 9.59 Å². The first-order valence-electron chi connectivity index (χ1n) is 7.21. The first-order chi connectivity index (χ1) is 9.15. The molecule has 1 rings (SSSR count). The van der Waals surface area contributed by atoms with Gasteiger partial charge in [0.1, 0.15) is 0 Å². The minimum atomic E-state index is -0.489. The van der Waals surface area contributed by atoms with E-state index in [2.05, 4.69) is 6.92 Å². The number of carbonyl (C=O) groups excluding carboxylic acids is 3. The molecule has 0 aromatic carbocycles. The van der Waals surface area contributed by atoms with Crippen LogP contribution in [0.2, 0.25) is 0 Å². The van der Waals surface area contributed by atoms with Crippen LogP contribution in [-0.4, -0.2) is 22.8 Å². The molecule has 0 unspecified atom stereocenters. The third-order valence-electron chi connectivity index (χ3n) is 3.18. The predicted octanol–water partition coefficient (Wildman–Crippen LogP) is 2.73. The van der Waals surface area contributed by atoms with E-state index in [0.29, 0.717) is 5.06 Å². The lowest BCUT2D eigenvalue weighted by Crippen LogP contribution is -2.31. The van der Waals surface area contributed by atoms with Gasteiger partial charge in [0.2, 0.25) is 0 Å². The summed E-state index contributed by atoms with van der Waals surface area (Å²) in [6, 6.07) is 0. The molecule has 0 radical (unpaired) electrons. The molecule has 1 aliphatic rings. The molecular weight excluding hydrogens is 246 g/mol. The van der Waals surface area contributed by atoms with Crippen molar-refractivity contribution in [2.45, 2.75) is 71.1 Å². The summed E-state index contributed by atoms with van der Waals surface area (Å²) in [6.07, 6.45) is 8.35. The van der Waals surface area contributed by atoms with Gasteiger partial charge in [-0.2, -0.15) is 0 Å². The number of hydrogen-bond acceptors (Lipinski definition) is 4. The molecular formula is C14H23NO4. The van der Waals surface area contributed by atoms with Crippen LogP contribution in [0.1, 0.15) is 71.1 Å². The zero-order valence-corrected chi connectivity index (χ0v) is 11.7. The second kappa shape index (κ2) is 8.67. The van der Waals surface area contributed by atoms with Gasteiger partial charge in [-0.05, 0) is 6.42 Å². The van der Waals surface area contributed by atoms with E-state index in [0.717, 1.165) is 19.3 Å². The standard InChI is InChI=1S/C14H23NO4/c1-2-3-4-5-6-7-8-9-14(18)19-15-12(16)10-11-13(15)17/h2-11H2,1H3. The van der Waals surface area contributed by atoms with Crippen molar-refractivity contribution in [3.8, 4) is 0 Å². The van der Waals surface area contributed by atoms with Gasteiger partial charge < -0.3 is 4.84 Å². The van der Waals surface area contributed by atoms with Gasteiger partial charge in [-0.1, -0.05) is 45.4 Å². The van der Waals surface area contributed by atoms with E-state index in [1.165, 1.54) is 25.7 Å². The number of nitrogens with zero attached hydrogens (tertiary/aromatic N) is 1. The van der Waals surface area contributed by atoms with Crippen molar-refractivity contribution in [1.29, 1.82) is 0 Å². The van der Waals surface area contributed by atoms with Crippen molar-refractivity contribution in [2.75, 3.05) is 0 Å². The molecule has 0 saturated carbocycles. The monoisotopic (exact) mass is 269 g/mol. The van der Waals surface area contributed by atoms with Gasteiger partial charge in [-0.25, -0.2) is 4.79 Å². The number of hydrogen-bond donors (Lipinski definition) is 0. The molecule has 0 N–H and O–H groups in total. The highest BCUT2D eigenvalue weighted by molar-refractivity contribution is 6.01. The zero-order valence-electron chi connectivity index (χ0n) is 11.7. The SMILES string of the molecule is CCCCCCCCCC(=O)ON1C(=O)CCC1=O. The van der Waals surface area contributed by atoms with Crippen LogP contribution < -0.4 is 0 Å². The first kappa shape index (κ1) is 15.7. The fourth-order valence-electron chi connectivity index (χ4n) is 2.03. The molecule has 2 amide bonds. The maximum Gasteiger partial charge on any atom is 0.333 e.